The van der Waals surface area contributed by atoms with Gasteiger partial charge in [-0.25, -0.2) is 14.4 Å². The van der Waals surface area contributed by atoms with Crippen molar-refractivity contribution in [2.75, 3.05) is 26.3 Å². The van der Waals surface area contributed by atoms with Gasteiger partial charge in [0.1, 0.15) is 6.04 Å². The Labute approximate surface area is 178 Å². The Morgan fingerprint density at radius 3 is 2.10 bits per heavy atom. The number of aliphatic hydroxyl groups excluding tert-OH is 1. The zero-order valence-electron chi connectivity index (χ0n) is 18.5. The van der Waals surface area contributed by atoms with Crippen LogP contribution in [0.3, 0.4) is 0 Å². The molecule has 1 rings (SSSR count). The van der Waals surface area contributed by atoms with E-state index in [0.29, 0.717) is 6.54 Å². The fraction of sp³-hybridized carbons (Fsp3) is 0.591. The van der Waals surface area contributed by atoms with Gasteiger partial charge in [-0.2, -0.15) is 0 Å². The van der Waals surface area contributed by atoms with Gasteiger partial charge < -0.3 is 24.8 Å². The van der Waals surface area contributed by atoms with Crippen molar-refractivity contribution in [2.24, 2.45) is 5.92 Å². The van der Waals surface area contributed by atoms with E-state index in [9.17, 15) is 19.5 Å². The van der Waals surface area contributed by atoms with Gasteiger partial charge in [-0.1, -0.05) is 43.7 Å². The number of amides is 2. The molecule has 2 atom stereocenters. The largest absolute Gasteiger partial charge is 0.464 e. The number of rotatable bonds is 11. The maximum atomic E-state index is 12.9. The van der Waals surface area contributed by atoms with Crippen LogP contribution in [0.1, 0.15) is 38.8 Å². The average molecular weight is 423 g/mol. The van der Waals surface area contributed by atoms with Crippen molar-refractivity contribution in [2.45, 2.75) is 53.2 Å². The fourth-order valence-corrected chi connectivity index (χ4v) is 2.84. The molecule has 0 heterocycles. The number of nitrogens with one attached hydrogen (secondary N) is 1. The van der Waals surface area contributed by atoms with Gasteiger partial charge in [0, 0.05) is 13.0 Å². The van der Waals surface area contributed by atoms with Crippen molar-refractivity contribution in [1.82, 2.24) is 10.2 Å². The Balaban J connectivity index is 2.95. The molecule has 2 amide bonds. The van der Waals surface area contributed by atoms with E-state index in [1.807, 2.05) is 45.0 Å². The van der Waals surface area contributed by atoms with Crippen molar-refractivity contribution in [3.8, 4) is 0 Å². The second-order valence-corrected chi connectivity index (χ2v) is 7.51. The number of nitrogens with zero attached hydrogens (tertiary/aromatic N) is 1. The molecule has 0 bridgehead atoms. The zero-order valence-corrected chi connectivity index (χ0v) is 18.5. The number of esters is 2. The zero-order chi connectivity index (χ0) is 22.7. The molecule has 30 heavy (non-hydrogen) atoms. The van der Waals surface area contributed by atoms with Crippen molar-refractivity contribution in [3.05, 3.63) is 35.4 Å². The summed E-state index contributed by atoms with van der Waals surface area (Å²) in [6.45, 7) is 9.50. The van der Waals surface area contributed by atoms with Crippen LogP contribution in [0.25, 0.3) is 0 Å². The van der Waals surface area contributed by atoms with E-state index in [0.717, 1.165) is 11.1 Å². The van der Waals surface area contributed by atoms with Gasteiger partial charge in [-0.3, -0.25) is 0 Å². The lowest BCUT2D eigenvalue weighted by Gasteiger charge is -2.28. The number of ether oxygens (including phenoxy) is 2. The minimum Gasteiger partial charge on any atom is -0.464 e. The number of carbonyl (C=O) groups is 3. The maximum absolute atomic E-state index is 12.9. The molecule has 0 aliphatic heterocycles. The molecule has 1 aromatic rings. The normalized spacial score (nSPS) is 12.8. The fourth-order valence-electron chi connectivity index (χ4n) is 2.84. The van der Waals surface area contributed by atoms with Gasteiger partial charge in [0.25, 0.3) is 0 Å². The van der Waals surface area contributed by atoms with Crippen LogP contribution in [-0.4, -0.2) is 66.4 Å². The molecule has 1 unspecified atom stereocenters. The lowest BCUT2D eigenvalue weighted by Crippen LogP contribution is -2.52. The van der Waals surface area contributed by atoms with Crippen LogP contribution in [0.5, 0.6) is 0 Å². The highest BCUT2D eigenvalue weighted by atomic mass is 16.5. The van der Waals surface area contributed by atoms with Crippen LogP contribution in [0, 0.1) is 12.8 Å². The van der Waals surface area contributed by atoms with Crippen LogP contribution >= 0.6 is 0 Å². The number of hydrogen-bond donors (Lipinski definition) is 2. The summed E-state index contributed by atoms with van der Waals surface area (Å²) in [6, 6.07) is 6.20. The molecule has 168 valence electrons. The molecule has 8 nitrogen and oxygen atoms in total. The van der Waals surface area contributed by atoms with Crippen LogP contribution < -0.4 is 5.32 Å². The molecule has 1 aromatic carbocycles. The Kier molecular flexibility index (Phi) is 10.9. The van der Waals surface area contributed by atoms with Gasteiger partial charge in [0.15, 0.2) is 6.10 Å². The second kappa shape index (κ2) is 12.8. The van der Waals surface area contributed by atoms with Crippen molar-refractivity contribution in [1.29, 1.82) is 0 Å². The van der Waals surface area contributed by atoms with E-state index in [4.69, 9.17) is 9.47 Å². The molecule has 0 saturated carbocycles. The van der Waals surface area contributed by atoms with E-state index in [1.54, 1.807) is 13.8 Å². The number of urea groups is 1. The summed E-state index contributed by atoms with van der Waals surface area (Å²) in [7, 11) is 0. The van der Waals surface area contributed by atoms with E-state index in [-0.39, 0.29) is 32.1 Å². The van der Waals surface area contributed by atoms with Crippen molar-refractivity contribution < 1.29 is 29.0 Å². The molecule has 0 aliphatic carbocycles. The summed E-state index contributed by atoms with van der Waals surface area (Å²) < 4.78 is 9.93. The molecule has 2 N–H and O–H groups in total. The molecule has 0 radical (unpaired) electrons. The van der Waals surface area contributed by atoms with Gasteiger partial charge in [-0.05, 0) is 32.3 Å². The minimum absolute atomic E-state index is 0.0864. The molecule has 0 saturated heterocycles. The Morgan fingerprint density at radius 2 is 1.57 bits per heavy atom. The summed E-state index contributed by atoms with van der Waals surface area (Å²) in [5.74, 6) is -1.24. The summed E-state index contributed by atoms with van der Waals surface area (Å²) in [5, 5.41) is 12.8. The first-order valence-corrected chi connectivity index (χ1v) is 10.3. The predicted octanol–water partition coefficient (Wildman–Crippen LogP) is 2.06. The molecule has 0 fully saturated rings. The molecule has 0 spiro atoms. The Bertz CT molecular complexity index is 689. The SMILES string of the molecule is CCOC(=O)C(O)CN(CC(C)C)C(=O)N[C@@H](Cc1ccc(C)cc1)C(=O)OCC. The molecule has 8 heteroatoms. The van der Waals surface area contributed by atoms with Crippen LogP contribution in [0.4, 0.5) is 4.79 Å². The average Bonchev–Trinajstić information content (AvgIpc) is 2.68. The van der Waals surface area contributed by atoms with E-state index in [1.165, 1.54) is 4.90 Å². The maximum Gasteiger partial charge on any atom is 0.336 e. The van der Waals surface area contributed by atoms with Crippen LogP contribution in [-0.2, 0) is 25.5 Å². The minimum atomic E-state index is -1.47. The van der Waals surface area contributed by atoms with Gasteiger partial charge >= 0.3 is 18.0 Å². The molecule has 0 aromatic heterocycles. The van der Waals surface area contributed by atoms with E-state index < -0.39 is 30.1 Å². The van der Waals surface area contributed by atoms with Crippen LogP contribution in [0.2, 0.25) is 0 Å². The molecule has 0 aliphatic rings. The number of hydrogen-bond acceptors (Lipinski definition) is 6. The summed E-state index contributed by atoms with van der Waals surface area (Å²) >= 11 is 0. The third-order valence-corrected chi connectivity index (χ3v) is 4.25. The van der Waals surface area contributed by atoms with Crippen molar-refractivity contribution in [3.63, 3.8) is 0 Å². The monoisotopic (exact) mass is 422 g/mol. The highest BCUT2D eigenvalue weighted by Gasteiger charge is 2.28. The standard InChI is InChI=1S/C22H34N2O6/c1-6-29-20(26)18(12-17-10-8-16(5)9-11-17)23-22(28)24(13-15(3)4)14-19(25)21(27)30-7-2/h8-11,15,18-19,25H,6-7,12-14H2,1-5H3,(H,23,28)/t18-,19?/m0/s1. The number of benzene rings is 1. The lowest BCUT2D eigenvalue weighted by molar-refractivity contribution is -0.153. The smallest absolute Gasteiger partial charge is 0.336 e. The number of carbonyl (C=O) groups excluding carboxylic acids is 3. The first-order chi connectivity index (χ1) is 14.2. The predicted molar refractivity (Wildman–Crippen MR) is 113 cm³/mol. The molecular formula is C22H34N2O6. The summed E-state index contributed by atoms with van der Waals surface area (Å²) in [4.78, 5) is 38.4. The van der Waals surface area contributed by atoms with E-state index >= 15 is 0 Å². The number of aliphatic hydroxyl groups is 1. The lowest BCUT2D eigenvalue weighted by atomic mass is 10.0. The number of aryl methyl sites for hydroxylation is 1. The van der Waals surface area contributed by atoms with E-state index in [2.05, 4.69) is 5.32 Å². The molecular weight excluding hydrogens is 388 g/mol. The Hall–Kier alpha value is -2.61. The first kappa shape index (κ1) is 25.4. The third-order valence-electron chi connectivity index (χ3n) is 4.25. The third kappa shape index (κ3) is 8.82. The van der Waals surface area contributed by atoms with Gasteiger partial charge in [0.2, 0.25) is 0 Å². The first-order valence-electron chi connectivity index (χ1n) is 10.3. The van der Waals surface area contributed by atoms with Gasteiger partial charge in [-0.15, -0.1) is 0 Å². The summed E-state index contributed by atoms with van der Waals surface area (Å²) in [5.41, 5.74) is 1.97. The van der Waals surface area contributed by atoms with Gasteiger partial charge in [0.05, 0.1) is 19.8 Å². The highest BCUT2D eigenvalue weighted by Crippen LogP contribution is 2.09. The highest BCUT2D eigenvalue weighted by molar-refractivity contribution is 5.84. The second-order valence-electron chi connectivity index (χ2n) is 7.51. The summed E-state index contributed by atoms with van der Waals surface area (Å²) in [6.07, 6.45) is -1.20. The van der Waals surface area contributed by atoms with Crippen molar-refractivity contribution >= 4 is 18.0 Å². The van der Waals surface area contributed by atoms with Crippen LogP contribution in [0.15, 0.2) is 24.3 Å². The quantitative estimate of drug-likeness (QED) is 0.529. The topological polar surface area (TPSA) is 105 Å². The Morgan fingerprint density at radius 1 is 1.00 bits per heavy atom.